The van der Waals surface area contributed by atoms with Gasteiger partial charge in [0.25, 0.3) is 5.91 Å². The molecule has 0 saturated carbocycles. The van der Waals surface area contributed by atoms with E-state index in [1.54, 1.807) is 12.1 Å². The Hall–Kier alpha value is -3.09. The maximum absolute atomic E-state index is 12.8. The predicted molar refractivity (Wildman–Crippen MR) is 92.7 cm³/mol. The van der Waals surface area contributed by atoms with Crippen LogP contribution >= 0.6 is 0 Å². The van der Waals surface area contributed by atoms with Crippen LogP contribution in [-0.2, 0) is 16.0 Å². The zero-order valence-corrected chi connectivity index (χ0v) is 14.5. The number of esters is 1. The molecule has 0 spiro atoms. The number of halogens is 1. The number of amides is 1. The number of hydrogen-bond donors (Lipinski definition) is 2. The molecule has 2 N–H and O–H groups in total. The molecular formula is C19H20FNO5. The van der Waals surface area contributed by atoms with Crippen molar-refractivity contribution < 1.29 is 28.6 Å². The summed E-state index contributed by atoms with van der Waals surface area (Å²) in [5.41, 5.74) is 0.816. The van der Waals surface area contributed by atoms with Gasteiger partial charge in [-0.3, -0.25) is 4.79 Å². The van der Waals surface area contributed by atoms with Crippen molar-refractivity contribution in [2.24, 2.45) is 0 Å². The Bertz CT molecular complexity index is 776. The summed E-state index contributed by atoms with van der Waals surface area (Å²) in [5, 5.41) is 12.5. The Morgan fingerprint density at radius 3 is 2.50 bits per heavy atom. The van der Waals surface area contributed by atoms with Crippen molar-refractivity contribution in [1.29, 1.82) is 0 Å². The summed E-state index contributed by atoms with van der Waals surface area (Å²) < 4.78 is 22.8. The molecule has 0 radical (unpaired) electrons. The fourth-order valence-corrected chi connectivity index (χ4v) is 2.21. The number of phenols is 1. The molecular weight excluding hydrogens is 341 g/mol. The lowest BCUT2D eigenvalue weighted by molar-refractivity contribution is -0.129. The Morgan fingerprint density at radius 2 is 1.88 bits per heavy atom. The maximum atomic E-state index is 12.8. The average Bonchev–Trinajstić information content (AvgIpc) is 2.62. The van der Waals surface area contributed by atoms with Gasteiger partial charge in [0.05, 0.1) is 7.11 Å². The topological polar surface area (TPSA) is 84.9 Å². The van der Waals surface area contributed by atoms with Crippen LogP contribution in [0.5, 0.6) is 11.5 Å². The van der Waals surface area contributed by atoms with E-state index < -0.39 is 18.0 Å². The fourth-order valence-electron chi connectivity index (χ4n) is 2.21. The Morgan fingerprint density at radius 1 is 1.19 bits per heavy atom. The van der Waals surface area contributed by atoms with E-state index in [1.165, 1.54) is 44.4 Å². The fraction of sp³-hybridized carbons (Fsp3) is 0.263. The van der Waals surface area contributed by atoms with Crippen LogP contribution < -0.4 is 10.1 Å². The normalized spacial score (nSPS) is 11.5. The quantitative estimate of drug-likeness (QED) is 0.740. The SMILES string of the molecule is COc1ccc(C(=O)O[C@@H](C)C(=O)NCCc2ccc(F)cc2)c(O)c1. The van der Waals surface area contributed by atoms with Crippen LogP contribution in [-0.4, -0.2) is 36.7 Å². The van der Waals surface area contributed by atoms with E-state index in [0.29, 0.717) is 18.7 Å². The zero-order chi connectivity index (χ0) is 19.1. The van der Waals surface area contributed by atoms with Gasteiger partial charge in [0.1, 0.15) is 22.9 Å². The van der Waals surface area contributed by atoms with Gasteiger partial charge < -0.3 is 19.9 Å². The number of aromatic hydroxyl groups is 1. The van der Waals surface area contributed by atoms with Gasteiger partial charge in [-0.05, 0) is 43.2 Å². The van der Waals surface area contributed by atoms with Crippen molar-refractivity contribution in [3.05, 3.63) is 59.4 Å². The molecule has 0 aliphatic heterocycles. The highest BCUT2D eigenvalue weighted by Gasteiger charge is 2.21. The molecule has 0 aliphatic carbocycles. The third-order valence-corrected chi connectivity index (χ3v) is 3.70. The van der Waals surface area contributed by atoms with Crippen LogP contribution in [0.1, 0.15) is 22.8 Å². The molecule has 1 amide bonds. The minimum absolute atomic E-state index is 0.0586. The van der Waals surface area contributed by atoms with Crippen molar-refractivity contribution in [3.63, 3.8) is 0 Å². The summed E-state index contributed by atoms with van der Waals surface area (Å²) in [6, 6.07) is 10.1. The highest BCUT2D eigenvalue weighted by Crippen LogP contribution is 2.24. The second kappa shape index (κ2) is 8.84. The number of methoxy groups -OCH3 is 1. The minimum atomic E-state index is -1.03. The molecule has 26 heavy (non-hydrogen) atoms. The molecule has 0 heterocycles. The number of hydrogen-bond acceptors (Lipinski definition) is 5. The Labute approximate surface area is 150 Å². The molecule has 0 fully saturated rings. The van der Waals surface area contributed by atoms with Crippen LogP contribution in [0.4, 0.5) is 4.39 Å². The van der Waals surface area contributed by atoms with Crippen LogP contribution in [0, 0.1) is 5.82 Å². The van der Waals surface area contributed by atoms with E-state index in [2.05, 4.69) is 5.32 Å². The van der Waals surface area contributed by atoms with Crippen molar-refractivity contribution in [2.75, 3.05) is 13.7 Å². The van der Waals surface area contributed by atoms with Gasteiger partial charge in [0, 0.05) is 12.6 Å². The number of ether oxygens (including phenoxy) is 2. The second-order valence-electron chi connectivity index (χ2n) is 5.60. The molecule has 0 unspecified atom stereocenters. The van der Waals surface area contributed by atoms with E-state index in [0.717, 1.165) is 5.56 Å². The first-order valence-corrected chi connectivity index (χ1v) is 8.01. The first kappa shape index (κ1) is 19.2. The smallest absolute Gasteiger partial charge is 0.342 e. The molecule has 0 saturated heterocycles. The van der Waals surface area contributed by atoms with Gasteiger partial charge in [0.15, 0.2) is 6.10 Å². The Balaban J connectivity index is 1.84. The molecule has 2 aromatic carbocycles. The molecule has 0 aliphatic rings. The standard InChI is InChI=1S/C19H20FNO5/c1-12(18(23)21-10-9-13-3-5-14(20)6-4-13)26-19(24)16-8-7-15(25-2)11-17(16)22/h3-8,11-12,22H,9-10H2,1-2H3,(H,21,23)/t12-/m0/s1. The summed E-state index contributed by atoms with van der Waals surface area (Å²) in [7, 11) is 1.44. The van der Waals surface area contributed by atoms with E-state index in [1.807, 2.05) is 0 Å². The van der Waals surface area contributed by atoms with Crippen molar-refractivity contribution in [1.82, 2.24) is 5.32 Å². The summed E-state index contributed by atoms with van der Waals surface area (Å²) in [6.45, 7) is 1.76. The molecule has 138 valence electrons. The lowest BCUT2D eigenvalue weighted by Crippen LogP contribution is -2.36. The van der Waals surface area contributed by atoms with E-state index in [4.69, 9.17) is 9.47 Å². The van der Waals surface area contributed by atoms with E-state index in [-0.39, 0.29) is 17.1 Å². The number of rotatable bonds is 7. The third-order valence-electron chi connectivity index (χ3n) is 3.70. The summed E-state index contributed by atoms with van der Waals surface area (Å²) in [4.78, 5) is 24.1. The van der Waals surface area contributed by atoms with E-state index >= 15 is 0 Å². The third kappa shape index (κ3) is 5.20. The van der Waals surface area contributed by atoms with Crippen LogP contribution in [0.15, 0.2) is 42.5 Å². The highest BCUT2D eigenvalue weighted by atomic mass is 19.1. The monoisotopic (exact) mass is 361 g/mol. The van der Waals surface area contributed by atoms with Gasteiger partial charge in [-0.1, -0.05) is 12.1 Å². The second-order valence-corrected chi connectivity index (χ2v) is 5.60. The molecule has 6 nitrogen and oxygen atoms in total. The maximum Gasteiger partial charge on any atom is 0.342 e. The van der Waals surface area contributed by atoms with Gasteiger partial charge in [-0.2, -0.15) is 0 Å². The van der Waals surface area contributed by atoms with Crippen molar-refractivity contribution >= 4 is 11.9 Å². The minimum Gasteiger partial charge on any atom is -0.507 e. The summed E-state index contributed by atoms with van der Waals surface area (Å²) in [5.74, 6) is -1.50. The summed E-state index contributed by atoms with van der Waals surface area (Å²) >= 11 is 0. The van der Waals surface area contributed by atoms with Crippen LogP contribution in [0.2, 0.25) is 0 Å². The zero-order valence-electron chi connectivity index (χ0n) is 14.5. The molecule has 1 atom stereocenters. The van der Waals surface area contributed by atoms with Crippen molar-refractivity contribution in [3.8, 4) is 11.5 Å². The van der Waals surface area contributed by atoms with Crippen molar-refractivity contribution in [2.45, 2.75) is 19.4 Å². The van der Waals surface area contributed by atoms with Gasteiger partial charge in [-0.25, -0.2) is 9.18 Å². The molecule has 2 aromatic rings. The molecule has 0 bridgehead atoms. The lowest BCUT2D eigenvalue weighted by Gasteiger charge is -2.14. The van der Waals surface area contributed by atoms with Gasteiger partial charge in [0.2, 0.25) is 0 Å². The number of benzene rings is 2. The first-order valence-electron chi connectivity index (χ1n) is 8.01. The molecule has 7 heteroatoms. The molecule has 2 rings (SSSR count). The number of phenolic OH excluding ortho intramolecular Hbond substituents is 1. The van der Waals surface area contributed by atoms with Gasteiger partial charge in [-0.15, -0.1) is 0 Å². The predicted octanol–water partition coefficient (Wildman–Crippen LogP) is 2.44. The first-order chi connectivity index (χ1) is 12.4. The number of nitrogens with one attached hydrogen (secondary N) is 1. The number of carbonyl (C=O) groups is 2. The highest BCUT2D eigenvalue weighted by molar-refractivity contribution is 5.94. The van der Waals surface area contributed by atoms with E-state index in [9.17, 15) is 19.1 Å². The molecule has 0 aromatic heterocycles. The average molecular weight is 361 g/mol. The van der Waals surface area contributed by atoms with Crippen LogP contribution in [0.25, 0.3) is 0 Å². The van der Waals surface area contributed by atoms with Gasteiger partial charge >= 0.3 is 5.97 Å². The number of carbonyl (C=O) groups excluding carboxylic acids is 2. The lowest BCUT2D eigenvalue weighted by atomic mass is 10.1. The largest absolute Gasteiger partial charge is 0.507 e. The summed E-state index contributed by atoms with van der Waals surface area (Å²) in [6.07, 6.45) is -0.511. The van der Waals surface area contributed by atoms with Crippen LogP contribution in [0.3, 0.4) is 0 Å². The Kier molecular flexibility index (Phi) is 6.54.